The maximum absolute atomic E-state index is 12.4. The highest BCUT2D eigenvalue weighted by Gasteiger charge is 2.30. The molecule has 0 bridgehead atoms. The molecular formula is C15H14F3NO3S. The number of carbonyl (C=O) groups is 1. The zero-order valence-corrected chi connectivity index (χ0v) is 12.7. The maximum Gasteiger partial charge on any atom is 0.416 e. The van der Waals surface area contributed by atoms with Gasteiger partial charge < -0.3 is 15.2 Å². The van der Waals surface area contributed by atoms with Crippen molar-refractivity contribution in [2.24, 2.45) is 0 Å². The van der Waals surface area contributed by atoms with E-state index in [1.54, 1.807) is 17.5 Å². The zero-order chi connectivity index (χ0) is 16.9. The van der Waals surface area contributed by atoms with Gasteiger partial charge in [-0.2, -0.15) is 13.2 Å². The van der Waals surface area contributed by atoms with Crippen LogP contribution in [0, 0.1) is 0 Å². The summed E-state index contributed by atoms with van der Waals surface area (Å²) in [5.74, 6) is -0.0878. The fourth-order valence-corrected chi connectivity index (χ4v) is 2.34. The van der Waals surface area contributed by atoms with Gasteiger partial charge in [-0.05, 0) is 35.7 Å². The zero-order valence-electron chi connectivity index (χ0n) is 11.8. The summed E-state index contributed by atoms with van der Waals surface area (Å²) >= 11 is 1.28. The van der Waals surface area contributed by atoms with E-state index >= 15 is 0 Å². The molecule has 1 atom stereocenters. The number of aliphatic hydroxyl groups excluding tert-OH is 1. The first-order chi connectivity index (χ1) is 10.9. The van der Waals surface area contributed by atoms with Gasteiger partial charge in [-0.1, -0.05) is 6.07 Å². The molecule has 0 aliphatic rings. The molecule has 4 nitrogen and oxygen atoms in total. The van der Waals surface area contributed by atoms with Crippen LogP contribution >= 0.6 is 11.3 Å². The Bertz CT molecular complexity index is 626. The molecule has 23 heavy (non-hydrogen) atoms. The van der Waals surface area contributed by atoms with Crippen LogP contribution in [0.3, 0.4) is 0 Å². The monoisotopic (exact) mass is 345 g/mol. The summed E-state index contributed by atoms with van der Waals surface area (Å²) in [7, 11) is 0. The number of ether oxygens (including phenoxy) is 1. The van der Waals surface area contributed by atoms with Crippen molar-refractivity contribution in [2.45, 2.75) is 12.3 Å². The number of aliphatic hydroxyl groups is 1. The maximum atomic E-state index is 12.4. The summed E-state index contributed by atoms with van der Waals surface area (Å²) in [5, 5.41) is 14.0. The molecule has 1 aromatic carbocycles. The van der Waals surface area contributed by atoms with E-state index in [-0.39, 0.29) is 24.8 Å². The number of rotatable bonds is 6. The fraction of sp³-hybridized carbons (Fsp3) is 0.267. The molecule has 0 saturated carbocycles. The van der Waals surface area contributed by atoms with Gasteiger partial charge in [0.1, 0.15) is 18.5 Å². The van der Waals surface area contributed by atoms with Crippen LogP contribution in [0.15, 0.2) is 41.8 Å². The molecule has 0 radical (unpaired) electrons. The molecular weight excluding hydrogens is 331 g/mol. The van der Waals surface area contributed by atoms with Crippen molar-refractivity contribution >= 4 is 17.2 Å². The number of nitrogens with one attached hydrogen (secondary N) is 1. The van der Waals surface area contributed by atoms with E-state index in [4.69, 9.17) is 4.74 Å². The number of benzene rings is 1. The number of hydrogen-bond donors (Lipinski definition) is 2. The van der Waals surface area contributed by atoms with Crippen LogP contribution in [0.2, 0.25) is 0 Å². The lowest BCUT2D eigenvalue weighted by Gasteiger charge is -2.13. The van der Waals surface area contributed by atoms with Gasteiger partial charge in [0.2, 0.25) is 0 Å². The highest BCUT2D eigenvalue weighted by atomic mass is 32.1. The largest absolute Gasteiger partial charge is 0.491 e. The van der Waals surface area contributed by atoms with E-state index in [1.807, 2.05) is 0 Å². The van der Waals surface area contributed by atoms with E-state index in [1.165, 1.54) is 23.5 Å². The van der Waals surface area contributed by atoms with Crippen LogP contribution < -0.4 is 10.1 Å². The number of thiophene rings is 1. The van der Waals surface area contributed by atoms with Crippen molar-refractivity contribution in [3.05, 3.63) is 52.2 Å². The highest BCUT2D eigenvalue weighted by molar-refractivity contribution is 7.12. The molecule has 1 amide bonds. The van der Waals surface area contributed by atoms with Gasteiger partial charge in [0.05, 0.1) is 10.4 Å². The summed E-state index contributed by atoms with van der Waals surface area (Å²) in [5.41, 5.74) is -0.770. The first-order valence-electron chi connectivity index (χ1n) is 6.66. The Kier molecular flexibility index (Phi) is 5.62. The molecule has 2 rings (SSSR count). The van der Waals surface area contributed by atoms with Gasteiger partial charge in [-0.25, -0.2) is 0 Å². The Labute approximate surface area is 134 Å². The number of halogens is 3. The molecule has 0 spiro atoms. The van der Waals surface area contributed by atoms with Crippen LogP contribution in [0.25, 0.3) is 0 Å². The quantitative estimate of drug-likeness (QED) is 0.846. The minimum absolute atomic E-state index is 0.0165. The first kappa shape index (κ1) is 17.3. The van der Waals surface area contributed by atoms with Crippen LogP contribution in [-0.4, -0.2) is 30.3 Å². The second-order valence-electron chi connectivity index (χ2n) is 4.67. The third kappa shape index (κ3) is 5.26. The average molecular weight is 345 g/mol. The fourth-order valence-electron chi connectivity index (χ4n) is 1.70. The minimum atomic E-state index is -4.40. The Morgan fingerprint density at radius 3 is 2.52 bits per heavy atom. The van der Waals surface area contributed by atoms with Crippen LogP contribution in [0.1, 0.15) is 15.2 Å². The lowest BCUT2D eigenvalue weighted by atomic mass is 10.2. The summed E-state index contributed by atoms with van der Waals surface area (Å²) in [6.45, 7) is -0.159. The standard InChI is InChI=1S/C15H14F3NO3S/c16-15(17,18)10-3-5-12(6-4-10)22-9-11(20)8-19-14(21)13-2-1-7-23-13/h1-7,11,20H,8-9H2,(H,19,21). The van der Waals surface area contributed by atoms with Crippen LogP contribution in [-0.2, 0) is 6.18 Å². The molecule has 0 aliphatic carbocycles. The summed E-state index contributed by atoms with van der Waals surface area (Å²) in [6.07, 6.45) is -5.37. The smallest absolute Gasteiger partial charge is 0.416 e. The van der Waals surface area contributed by atoms with E-state index in [9.17, 15) is 23.1 Å². The van der Waals surface area contributed by atoms with Gasteiger partial charge in [0.15, 0.2) is 0 Å². The number of alkyl halides is 3. The lowest BCUT2D eigenvalue weighted by molar-refractivity contribution is -0.137. The number of amides is 1. The van der Waals surface area contributed by atoms with E-state index in [0.29, 0.717) is 4.88 Å². The molecule has 1 heterocycles. The number of carbonyl (C=O) groups excluding carboxylic acids is 1. The summed E-state index contributed by atoms with van der Waals surface area (Å²) < 4.78 is 42.4. The van der Waals surface area contributed by atoms with Gasteiger partial charge in [0, 0.05) is 6.54 Å². The minimum Gasteiger partial charge on any atom is -0.491 e. The summed E-state index contributed by atoms with van der Waals surface area (Å²) in [6, 6.07) is 7.56. The summed E-state index contributed by atoms with van der Waals surface area (Å²) in [4.78, 5) is 12.2. The Balaban J connectivity index is 1.76. The van der Waals surface area contributed by atoms with Crippen molar-refractivity contribution < 1.29 is 27.8 Å². The van der Waals surface area contributed by atoms with Gasteiger partial charge in [0.25, 0.3) is 5.91 Å². The van der Waals surface area contributed by atoms with Crippen LogP contribution in [0.4, 0.5) is 13.2 Å². The molecule has 2 N–H and O–H groups in total. The molecule has 1 unspecified atom stereocenters. The molecule has 2 aromatic rings. The normalized spacial score (nSPS) is 12.7. The second kappa shape index (κ2) is 7.47. The second-order valence-corrected chi connectivity index (χ2v) is 5.62. The predicted octanol–water partition coefficient (Wildman–Crippen LogP) is 2.94. The van der Waals surface area contributed by atoms with Gasteiger partial charge in [-0.15, -0.1) is 11.3 Å². The van der Waals surface area contributed by atoms with Gasteiger partial charge in [-0.3, -0.25) is 4.79 Å². The first-order valence-corrected chi connectivity index (χ1v) is 7.54. The highest BCUT2D eigenvalue weighted by Crippen LogP contribution is 2.30. The van der Waals surface area contributed by atoms with Crippen molar-refractivity contribution in [1.29, 1.82) is 0 Å². The lowest BCUT2D eigenvalue weighted by Crippen LogP contribution is -2.34. The third-order valence-corrected chi connectivity index (χ3v) is 3.74. The topological polar surface area (TPSA) is 58.6 Å². The van der Waals surface area contributed by atoms with E-state index in [2.05, 4.69) is 5.32 Å². The molecule has 0 saturated heterocycles. The molecule has 8 heteroatoms. The van der Waals surface area contributed by atoms with Crippen molar-refractivity contribution in [3.63, 3.8) is 0 Å². The third-order valence-electron chi connectivity index (χ3n) is 2.87. The molecule has 1 aromatic heterocycles. The Hall–Kier alpha value is -2.06. The van der Waals surface area contributed by atoms with Crippen molar-refractivity contribution in [1.82, 2.24) is 5.32 Å². The van der Waals surface area contributed by atoms with Crippen molar-refractivity contribution in [2.75, 3.05) is 13.2 Å². The predicted molar refractivity (Wildman–Crippen MR) is 79.6 cm³/mol. The molecule has 124 valence electrons. The van der Waals surface area contributed by atoms with E-state index in [0.717, 1.165) is 12.1 Å². The SMILES string of the molecule is O=C(NCC(O)COc1ccc(C(F)(F)F)cc1)c1cccs1. The number of hydrogen-bond acceptors (Lipinski definition) is 4. The van der Waals surface area contributed by atoms with Crippen LogP contribution in [0.5, 0.6) is 5.75 Å². The van der Waals surface area contributed by atoms with Crippen molar-refractivity contribution in [3.8, 4) is 5.75 Å². The molecule has 0 aliphatic heterocycles. The Morgan fingerprint density at radius 2 is 1.96 bits per heavy atom. The van der Waals surface area contributed by atoms with E-state index < -0.39 is 17.8 Å². The van der Waals surface area contributed by atoms with Gasteiger partial charge >= 0.3 is 6.18 Å². The Morgan fingerprint density at radius 1 is 1.26 bits per heavy atom. The molecule has 0 fully saturated rings. The average Bonchev–Trinajstić information content (AvgIpc) is 3.04.